The number of fused-ring (bicyclic) bond motifs is 17. The van der Waals surface area contributed by atoms with Crippen molar-refractivity contribution >= 4 is 66.4 Å². The first-order valence-electron chi connectivity index (χ1n) is 27.9. The van der Waals surface area contributed by atoms with Gasteiger partial charge >= 0.3 is 0 Å². The van der Waals surface area contributed by atoms with Gasteiger partial charge in [0.2, 0.25) is 0 Å². The molecule has 11 aromatic carbocycles. The van der Waals surface area contributed by atoms with Gasteiger partial charge in [-0.05, 0) is 198 Å². The van der Waals surface area contributed by atoms with Gasteiger partial charge in [0.25, 0.3) is 0 Å². The molecule has 0 N–H and O–H groups in total. The predicted molar refractivity (Wildman–Crippen MR) is 316 cm³/mol. The predicted octanol–water partition coefficient (Wildman–Crippen LogP) is 20.5. The molecule has 0 atom stereocenters. The van der Waals surface area contributed by atoms with E-state index >= 15 is 0 Å². The molecule has 2 nitrogen and oxygen atoms in total. The Kier molecular flexibility index (Phi) is 10.6. The topological polar surface area (TPSA) is 6.48 Å². The quantitative estimate of drug-likeness (QED) is 0.140. The van der Waals surface area contributed by atoms with Crippen LogP contribution in [0.5, 0.6) is 0 Å². The van der Waals surface area contributed by atoms with Crippen molar-refractivity contribution in [2.75, 3.05) is 9.80 Å². The number of nitrogens with zero attached hydrogens (tertiary/aromatic N) is 2. The Balaban J connectivity index is 0.951. The highest BCUT2D eigenvalue weighted by atomic mass is 15.1. The lowest BCUT2D eigenvalue weighted by Gasteiger charge is -2.33. The Morgan fingerprint density at radius 3 is 1.31 bits per heavy atom. The van der Waals surface area contributed by atoms with Gasteiger partial charge in [0.05, 0.1) is 5.41 Å². The molecule has 2 saturated carbocycles. The minimum atomic E-state index is -0.579. The van der Waals surface area contributed by atoms with E-state index in [1.54, 1.807) is 0 Å². The van der Waals surface area contributed by atoms with E-state index in [0.29, 0.717) is 11.8 Å². The molecule has 0 aromatic heterocycles. The van der Waals surface area contributed by atoms with Crippen LogP contribution in [-0.4, -0.2) is 0 Å². The molecule has 4 aliphatic carbocycles. The Bertz CT molecular complexity index is 3910. The molecule has 0 saturated heterocycles. The maximum absolute atomic E-state index is 2.49. The van der Waals surface area contributed by atoms with Gasteiger partial charge in [-0.15, -0.1) is 0 Å². The normalized spacial score (nSPS) is 15.7. The third-order valence-electron chi connectivity index (χ3n) is 18.0. The summed E-state index contributed by atoms with van der Waals surface area (Å²) in [6, 6.07) is 88.3. The van der Waals surface area contributed by atoms with Crippen LogP contribution in [-0.2, 0) is 5.41 Å². The zero-order chi connectivity index (χ0) is 49.5. The second-order valence-electron chi connectivity index (χ2n) is 22.0. The van der Waals surface area contributed by atoms with Gasteiger partial charge in [-0.2, -0.15) is 0 Å². The van der Waals surface area contributed by atoms with E-state index in [1.165, 1.54) is 164 Å². The summed E-state index contributed by atoms with van der Waals surface area (Å²) in [5, 5.41) is 7.68. The summed E-state index contributed by atoms with van der Waals surface area (Å²) < 4.78 is 0. The highest BCUT2D eigenvalue weighted by Gasteiger charge is 2.54. The lowest BCUT2D eigenvalue weighted by Crippen LogP contribution is -2.26. The van der Waals surface area contributed by atoms with Crippen LogP contribution in [0.3, 0.4) is 0 Å². The molecule has 362 valence electrons. The summed E-state index contributed by atoms with van der Waals surface area (Å²) in [6.45, 7) is 0. The van der Waals surface area contributed by atoms with E-state index < -0.39 is 5.41 Å². The third kappa shape index (κ3) is 6.99. The maximum Gasteiger partial charge on any atom is 0.0737 e. The molecule has 0 radical (unpaired) electrons. The van der Waals surface area contributed by atoms with Crippen molar-refractivity contribution in [3.63, 3.8) is 0 Å². The van der Waals surface area contributed by atoms with Crippen molar-refractivity contribution in [2.24, 2.45) is 0 Å². The van der Waals surface area contributed by atoms with Gasteiger partial charge in [-0.25, -0.2) is 0 Å². The van der Waals surface area contributed by atoms with E-state index in [2.05, 4.69) is 240 Å². The smallest absolute Gasteiger partial charge is 0.0737 e. The maximum atomic E-state index is 2.49. The van der Waals surface area contributed by atoms with Crippen LogP contribution in [0.4, 0.5) is 34.1 Å². The molecule has 1 spiro atoms. The zero-order valence-electron chi connectivity index (χ0n) is 42.6. The van der Waals surface area contributed by atoms with Gasteiger partial charge in [-0.1, -0.05) is 196 Å². The van der Waals surface area contributed by atoms with Crippen LogP contribution in [0.1, 0.15) is 109 Å². The number of hydrogen-bond acceptors (Lipinski definition) is 2. The molecule has 0 bridgehead atoms. The molecule has 0 amide bonds. The number of para-hydroxylation sites is 2. The van der Waals surface area contributed by atoms with Crippen LogP contribution in [0.2, 0.25) is 0 Å². The van der Waals surface area contributed by atoms with Crippen molar-refractivity contribution in [3.05, 3.63) is 264 Å². The highest BCUT2D eigenvalue weighted by molar-refractivity contribution is 6.22. The summed E-state index contributed by atoms with van der Waals surface area (Å²) in [6.07, 6.45) is 13.3. The first-order valence-corrected chi connectivity index (χ1v) is 27.9. The van der Waals surface area contributed by atoms with Gasteiger partial charge in [0.15, 0.2) is 0 Å². The lowest BCUT2D eigenvalue weighted by atomic mass is 9.68. The van der Waals surface area contributed by atoms with E-state index in [-0.39, 0.29) is 0 Å². The molecule has 0 aliphatic heterocycles. The molecular formula is C73H60N2. The molecule has 75 heavy (non-hydrogen) atoms. The molecular weight excluding hydrogens is 905 g/mol. The van der Waals surface area contributed by atoms with E-state index in [9.17, 15) is 0 Å². The Morgan fingerprint density at radius 2 is 0.747 bits per heavy atom. The minimum absolute atomic E-state index is 0.579. The van der Waals surface area contributed by atoms with E-state index in [1.807, 2.05) is 0 Å². The Labute approximate surface area is 441 Å². The van der Waals surface area contributed by atoms with Crippen LogP contribution in [0.15, 0.2) is 231 Å². The molecule has 0 unspecified atom stereocenters. The SMILES string of the molecule is c1ccc(N(c2ccc(C3CCCCC3)cc2)c2ccc3c4c(ccc3c2)-c2c(c3ccc(N(c5ccccc5)c5ccc(C6CCCCC6)cc5)cc3c3ccccc23)C42c3ccccc3-c3ccccc32)cc1. The first kappa shape index (κ1) is 44.3. The summed E-state index contributed by atoms with van der Waals surface area (Å²) in [4.78, 5) is 4.91. The number of rotatable bonds is 8. The van der Waals surface area contributed by atoms with Crippen LogP contribution in [0, 0.1) is 0 Å². The lowest BCUT2D eigenvalue weighted by molar-refractivity contribution is 0.443. The van der Waals surface area contributed by atoms with Crippen molar-refractivity contribution in [3.8, 4) is 22.3 Å². The van der Waals surface area contributed by atoms with Crippen molar-refractivity contribution in [2.45, 2.75) is 81.5 Å². The molecule has 2 fully saturated rings. The summed E-state index contributed by atoms with van der Waals surface area (Å²) in [7, 11) is 0. The number of hydrogen-bond donors (Lipinski definition) is 0. The summed E-state index contributed by atoms with van der Waals surface area (Å²) in [5.74, 6) is 1.32. The largest absolute Gasteiger partial charge is 0.310 e. The fourth-order valence-electron chi connectivity index (χ4n) is 14.7. The van der Waals surface area contributed by atoms with Gasteiger partial charge in [-0.3, -0.25) is 0 Å². The fourth-order valence-corrected chi connectivity index (χ4v) is 14.7. The molecule has 2 heteroatoms. The average Bonchev–Trinajstić information content (AvgIpc) is 4.21. The minimum Gasteiger partial charge on any atom is -0.310 e. The van der Waals surface area contributed by atoms with Crippen molar-refractivity contribution in [1.29, 1.82) is 0 Å². The standard InChI is InChI=1S/C73H60N2/c1-5-19-49(20-6-1)51-33-38-56(39-34-51)74(54-23-9-3-10-24-54)58-42-45-60-53(47-58)37-44-66-70-64-30-14-13-27-61(64)67-48-59(75(55-25-11-4-12-26-55)57-40-35-52(36-41-57)50-21-7-2-8-22-50)43-46-65(67)72(70)73(71(60)66)68-31-17-15-28-62(68)63-29-16-18-32-69(63)73/h3-4,9-18,23-50H,1-2,5-8,19-22H2. The first-order chi connectivity index (χ1) is 37.2. The Morgan fingerprint density at radius 1 is 0.293 bits per heavy atom. The van der Waals surface area contributed by atoms with Gasteiger partial charge < -0.3 is 9.80 Å². The number of benzene rings is 11. The van der Waals surface area contributed by atoms with Gasteiger partial charge in [0.1, 0.15) is 0 Å². The van der Waals surface area contributed by atoms with Crippen LogP contribution in [0.25, 0.3) is 54.6 Å². The van der Waals surface area contributed by atoms with E-state index in [4.69, 9.17) is 0 Å². The molecule has 4 aliphatic rings. The summed E-state index contributed by atoms with van der Waals surface area (Å²) in [5.41, 5.74) is 20.2. The number of anilines is 6. The zero-order valence-corrected chi connectivity index (χ0v) is 42.6. The Hall–Kier alpha value is -8.20. The van der Waals surface area contributed by atoms with Crippen LogP contribution >= 0.6 is 0 Å². The van der Waals surface area contributed by atoms with E-state index in [0.717, 1.165) is 22.7 Å². The third-order valence-corrected chi connectivity index (χ3v) is 18.0. The van der Waals surface area contributed by atoms with Crippen molar-refractivity contribution in [1.82, 2.24) is 0 Å². The van der Waals surface area contributed by atoms with Gasteiger partial charge in [0, 0.05) is 34.1 Å². The summed E-state index contributed by atoms with van der Waals surface area (Å²) >= 11 is 0. The second-order valence-corrected chi connectivity index (χ2v) is 22.0. The average molecular weight is 965 g/mol. The highest BCUT2D eigenvalue weighted by Crippen LogP contribution is 2.67. The van der Waals surface area contributed by atoms with Crippen molar-refractivity contribution < 1.29 is 0 Å². The fraction of sp³-hybridized carbons (Fsp3) is 0.178. The molecule has 0 heterocycles. The second kappa shape index (κ2) is 18.0. The van der Waals surface area contributed by atoms with Crippen LogP contribution < -0.4 is 9.80 Å². The molecule has 11 aromatic rings. The monoisotopic (exact) mass is 964 g/mol. The molecule has 15 rings (SSSR count).